The molecule has 1 radical (unpaired) electrons. The van der Waals surface area contributed by atoms with Crippen LogP contribution in [0.25, 0.3) is 11.3 Å². The third-order valence-electron chi connectivity index (χ3n) is 8.94. The molecule has 0 aliphatic carbocycles. The summed E-state index contributed by atoms with van der Waals surface area (Å²) in [7, 11) is 0. The summed E-state index contributed by atoms with van der Waals surface area (Å²) in [4.78, 5) is 8.51. The number of hydrogen-bond acceptors (Lipinski definition) is 3. The quantitative estimate of drug-likeness (QED) is 0.0792. The van der Waals surface area contributed by atoms with Gasteiger partial charge in [-0.3, -0.25) is 4.39 Å². The van der Waals surface area contributed by atoms with Crippen molar-refractivity contribution in [1.29, 1.82) is 0 Å². The summed E-state index contributed by atoms with van der Waals surface area (Å²) >= 11 is 0. The van der Waals surface area contributed by atoms with Crippen molar-refractivity contribution >= 4 is 11.4 Å². The van der Waals surface area contributed by atoms with E-state index in [1.807, 2.05) is 0 Å². The minimum Gasteiger partial charge on any atom is -0.372 e. The number of alkyl halides is 3. The number of aromatic nitrogens is 1. The van der Waals surface area contributed by atoms with Crippen LogP contribution in [0.1, 0.15) is 72.6 Å². The van der Waals surface area contributed by atoms with Gasteiger partial charge in [-0.25, -0.2) is 0 Å². The van der Waals surface area contributed by atoms with Gasteiger partial charge in [0, 0.05) is 75.6 Å². The molecule has 50 heavy (non-hydrogen) atoms. The van der Waals surface area contributed by atoms with Gasteiger partial charge in [0.05, 0.1) is 5.56 Å². The zero-order valence-electron chi connectivity index (χ0n) is 29.8. The molecule has 5 rings (SSSR count). The van der Waals surface area contributed by atoms with E-state index in [2.05, 4.69) is 130 Å². The molecule has 3 nitrogen and oxygen atoms in total. The Bertz CT molecular complexity index is 1720. The summed E-state index contributed by atoms with van der Waals surface area (Å²) in [5.41, 5.74) is 10.7. The Kier molecular flexibility index (Phi) is 14.8. The number of halogens is 4. The van der Waals surface area contributed by atoms with Crippen LogP contribution < -0.4 is 9.80 Å². The third kappa shape index (κ3) is 10.0. The van der Waals surface area contributed by atoms with Gasteiger partial charge >= 0.3 is 6.18 Å². The molecule has 0 saturated carbocycles. The van der Waals surface area contributed by atoms with E-state index in [1.165, 1.54) is 63.0 Å². The summed E-state index contributed by atoms with van der Waals surface area (Å²) < 4.78 is 49.5. The van der Waals surface area contributed by atoms with Crippen molar-refractivity contribution in [2.75, 3.05) is 36.0 Å². The Morgan fingerprint density at radius 2 is 1.20 bits per heavy atom. The van der Waals surface area contributed by atoms with Crippen LogP contribution in [0.2, 0.25) is 0 Å². The first kappa shape index (κ1) is 40.4. The number of pyridine rings is 1. The summed E-state index contributed by atoms with van der Waals surface area (Å²) in [6, 6.07) is 31.6. The molecule has 4 aromatic carbocycles. The van der Waals surface area contributed by atoms with Gasteiger partial charge in [-0.15, -0.1) is 29.8 Å². The van der Waals surface area contributed by atoms with Crippen molar-refractivity contribution in [3.05, 3.63) is 148 Å². The maximum absolute atomic E-state index is 12.6. The normalized spacial score (nSPS) is 11.0. The second-order valence-electron chi connectivity index (χ2n) is 12.1. The molecule has 0 fully saturated rings. The molecule has 0 N–H and O–H groups in total. The molecule has 0 amide bonds. The number of benzene rings is 4. The number of aryl methyl sites for hydroxylation is 3. The molecule has 0 spiro atoms. The van der Waals surface area contributed by atoms with E-state index in [1.54, 1.807) is 0 Å². The summed E-state index contributed by atoms with van der Waals surface area (Å²) in [5, 5.41) is 0. The average molecular weight is 861 g/mol. The van der Waals surface area contributed by atoms with E-state index >= 15 is 0 Å². The Hall–Kier alpha value is -4.00. The van der Waals surface area contributed by atoms with Gasteiger partial charge in [0.1, 0.15) is 0 Å². The minimum absolute atomic E-state index is 0. The molecule has 8 heteroatoms. The van der Waals surface area contributed by atoms with E-state index < -0.39 is 17.6 Å². The number of hydrogen-bond donors (Lipinski definition) is 0. The molecule has 0 unspecified atom stereocenters. The Balaban J connectivity index is 0.000000316. The summed E-state index contributed by atoms with van der Waals surface area (Å²) in [6.45, 7) is 19.7. The van der Waals surface area contributed by atoms with Crippen LogP contribution in [0.3, 0.4) is 0 Å². The number of anilines is 2. The van der Waals surface area contributed by atoms with Crippen molar-refractivity contribution in [3.8, 4) is 11.3 Å². The Morgan fingerprint density at radius 1 is 0.680 bits per heavy atom. The second kappa shape index (κ2) is 18.3. The topological polar surface area (TPSA) is 19.4 Å². The van der Waals surface area contributed by atoms with E-state index in [4.69, 9.17) is 0 Å². The molecule has 267 valence electrons. The van der Waals surface area contributed by atoms with E-state index in [0.717, 1.165) is 44.5 Å². The average Bonchev–Trinajstić information content (AvgIpc) is 3.09. The van der Waals surface area contributed by atoms with E-state index in [-0.39, 0.29) is 26.0 Å². The second-order valence-corrected chi connectivity index (χ2v) is 12.1. The SMILES string of the molecule is CCN(CC)c1ccc(C(c2ccc(C)cc2)c2ccc(N(CC)CC)cc2C)c(C)c1.Fc1c[c-]c(-c2ccc(C(F)(F)F)cn2)cc1.[Ir]. The third-order valence-corrected chi connectivity index (χ3v) is 8.94. The van der Waals surface area contributed by atoms with Crippen molar-refractivity contribution < 1.29 is 37.7 Å². The molecule has 0 saturated heterocycles. The van der Waals surface area contributed by atoms with Gasteiger partial charge in [-0.05, 0) is 106 Å². The fraction of sp³-hybridized carbons (Fsp3) is 0.310. The van der Waals surface area contributed by atoms with Crippen LogP contribution in [0.15, 0.2) is 97.2 Å². The van der Waals surface area contributed by atoms with Gasteiger partial charge in [-0.1, -0.05) is 54.1 Å². The Labute approximate surface area is 308 Å². The van der Waals surface area contributed by atoms with Crippen molar-refractivity contribution in [2.45, 2.75) is 60.6 Å². The molecule has 0 aliphatic rings. The van der Waals surface area contributed by atoms with Crippen LogP contribution >= 0.6 is 0 Å². The fourth-order valence-electron chi connectivity index (χ4n) is 6.11. The van der Waals surface area contributed by atoms with Crippen molar-refractivity contribution in [2.24, 2.45) is 0 Å². The number of nitrogens with zero attached hydrogens (tertiary/aromatic N) is 3. The molecule has 0 bridgehead atoms. The molecular weight excluding hydrogens is 815 g/mol. The summed E-state index contributed by atoms with van der Waals surface area (Å²) in [6.07, 6.45) is -3.66. The fourth-order valence-corrected chi connectivity index (χ4v) is 6.11. The van der Waals surface area contributed by atoms with Crippen LogP contribution in [0, 0.1) is 32.7 Å². The minimum atomic E-state index is -4.40. The van der Waals surface area contributed by atoms with Crippen molar-refractivity contribution in [3.63, 3.8) is 0 Å². The van der Waals surface area contributed by atoms with Crippen LogP contribution in [0.5, 0.6) is 0 Å². The summed E-state index contributed by atoms with van der Waals surface area (Å²) in [5.74, 6) is -0.229. The van der Waals surface area contributed by atoms with Crippen LogP contribution in [-0.4, -0.2) is 31.2 Å². The monoisotopic (exact) mass is 861 g/mol. The molecule has 5 aromatic rings. The first-order valence-electron chi connectivity index (χ1n) is 16.9. The van der Waals surface area contributed by atoms with E-state index in [0.29, 0.717) is 11.3 Å². The largest absolute Gasteiger partial charge is 0.417 e. The van der Waals surface area contributed by atoms with Gasteiger partial charge in [-0.2, -0.15) is 13.2 Å². The molecule has 0 aliphatic heterocycles. The molecule has 1 aromatic heterocycles. The smallest absolute Gasteiger partial charge is 0.372 e. The first-order valence-corrected chi connectivity index (χ1v) is 16.9. The van der Waals surface area contributed by atoms with Gasteiger partial charge < -0.3 is 14.8 Å². The van der Waals surface area contributed by atoms with Crippen LogP contribution in [-0.2, 0) is 26.3 Å². The zero-order chi connectivity index (χ0) is 35.7. The predicted octanol–water partition coefficient (Wildman–Crippen LogP) is 11.2. The maximum atomic E-state index is 12.6. The van der Waals surface area contributed by atoms with Crippen molar-refractivity contribution in [1.82, 2.24) is 4.98 Å². The molecular formula is C42H46F4IrN3-. The van der Waals surface area contributed by atoms with Gasteiger partial charge in [0.2, 0.25) is 0 Å². The first-order chi connectivity index (χ1) is 23.4. The van der Waals surface area contributed by atoms with Crippen LogP contribution in [0.4, 0.5) is 28.9 Å². The zero-order valence-corrected chi connectivity index (χ0v) is 32.2. The van der Waals surface area contributed by atoms with Gasteiger partial charge in [0.15, 0.2) is 0 Å². The molecule has 1 heterocycles. The Morgan fingerprint density at radius 3 is 1.58 bits per heavy atom. The van der Waals surface area contributed by atoms with Gasteiger partial charge in [0.25, 0.3) is 0 Å². The molecule has 0 atom stereocenters. The number of rotatable bonds is 10. The standard InChI is InChI=1S/C30H40N2.C12H6F4N.Ir/c1-8-31(9-2)26-16-18-28(23(6)20-26)30(25-14-12-22(5)13-15-25)29-19-17-27(21-24(29)7)32(10-3)11-4;13-10-4-1-8(2-5-10)11-6-3-9(7-17-11)12(14,15)16;/h12-21,30H,8-11H2,1-7H3;1,3-7H;/q;-1;. The predicted molar refractivity (Wildman–Crippen MR) is 195 cm³/mol. The van der Waals surface area contributed by atoms with E-state index in [9.17, 15) is 17.6 Å². The maximum Gasteiger partial charge on any atom is 0.417 e.